The second-order valence-corrected chi connectivity index (χ2v) is 14.4. The largest absolute Gasteiger partial charge is 0.472 e. The Kier molecular flexibility index (Phi) is 7.54. The first kappa shape index (κ1) is 31.6. The van der Waals surface area contributed by atoms with Crippen LogP contribution in [0.25, 0.3) is 11.1 Å². The summed E-state index contributed by atoms with van der Waals surface area (Å²) in [6.45, 7) is 2.04. The number of amides is 1. The van der Waals surface area contributed by atoms with E-state index in [1.165, 1.54) is 18.1 Å². The molecule has 4 aliphatic heterocycles. The van der Waals surface area contributed by atoms with Crippen LogP contribution in [0.3, 0.4) is 0 Å². The normalized spacial score (nSPS) is 23.2. The predicted octanol–water partition coefficient (Wildman–Crippen LogP) is 7.18. The molecule has 2 unspecified atom stereocenters. The highest BCUT2D eigenvalue weighted by Crippen LogP contribution is 2.57. The number of halogens is 5. The van der Waals surface area contributed by atoms with E-state index in [1.54, 1.807) is 36.4 Å². The number of benzene rings is 3. The average Bonchev–Trinajstić information content (AvgIpc) is 3.27. The summed E-state index contributed by atoms with van der Waals surface area (Å²) < 4.78 is 59.7. The lowest BCUT2D eigenvalue weighted by molar-refractivity contribution is -0.170. The number of methoxy groups -OCH3 is 1. The van der Waals surface area contributed by atoms with Gasteiger partial charge in [-0.3, -0.25) is 4.79 Å². The van der Waals surface area contributed by atoms with Gasteiger partial charge in [0.1, 0.15) is 11.6 Å². The van der Waals surface area contributed by atoms with E-state index in [1.807, 2.05) is 4.90 Å². The minimum atomic E-state index is -2.59. The van der Waals surface area contributed by atoms with Gasteiger partial charge in [-0.1, -0.05) is 41.4 Å². The Morgan fingerprint density at radius 2 is 1.67 bits per heavy atom. The monoisotopic (exact) mass is 701 g/mol. The van der Waals surface area contributed by atoms with Crippen LogP contribution in [-0.4, -0.2) is 74.9 Å². The van der Waals surface area contributed by atoms with Crippen molar-refractivity contribution in [2.75, 3.05) is 49.9 Å². The van der Waals surface area contributed by atoms with Crippen molar-refractivity contribution in [2.45, 2.75) is 50.2 Å². The van der Waals surface area contributed by atoms with Gasteiger partial charge in [0.15, 0.2) is 6.73 Å². The number of rotatable bonds is 5. The van der Waals surface area contributed by atoms with Gasteiger partial charge in [-0.2, -0.15) is 0 Å². The molecule has 8 rings (SSSR count). The molecule has 3 aromatic rings. The first-order valence-corrected chi connectivity index (χ1v) is 16.7. The topological polar surface area (TPSA) is 71.6 Å². The summed E-state index contributed by atoms with van der Waals surface area (Å²) in [5, 5.41) is 0.304. The van der Waals surface area contributed by atoms with Gasteiger partial charge in [0.2, 0.25) is 5.92 Å². The maximum absolute atomic E-state index is 15.9. The lowest BCUT2D eigenvalue weighted by atomic mass is 9.61. The SMILES string of the molecule is COC(=O)c1cc(F)c(-c2cccc3c2OCN(C(=O)c2c(Cl)cc(N4CC5(C4)CC(F)(F)C5)cc2Cl)C3)cc1N1C2CCC1COC2. The lowest BCUT2D eigenvalue weighted by Crippen LogP contribution is -2.66. The molecule has 0 N–H and O–H groups in total. The summed E-state index contributed by atoms with van der Waals surface area (Å²) in [6.07, 6.45) is 1.58. The fourth-order valence-electron chi connectivity index (χ4n) is 8.21. The summed E-state index contributed by atoms with van der Waals surface area (Å²) in [7, 11) is 1.27. The smallest absolute Gasteiger partial charge is 0.340 e. The number of para-hydroxylation sites is 1. The van der Waals surface area contributed by atoms with Gasteiger partial charge in [-0.25, -0.2) is 18.0 Å². The van der Waals surface area contributed by atoms with E-state index in [-0.39, 0.29) is 70.4 Å². The van der Waals surface area contributed by atoms with Gasteiger partial charge >= 0.3 is 5.97 Å². The molecule has 1 saturated carbocycles. The Balaban J connectivity index is 1.05. The third kappa shape index (κ3) is 5.16. The zero-order chi connectivity index (χ0) is 33.5. The Hall–Kier alpha value is -3.67. The Labute approximate surface area is 285 Å². The van der Waals surface area contributed by atoms with E-state index in [9.17, 15) is 18.4 Å². The molecule has 5 aliphatic rings. The van der Waals surface area contributed by atoms with E-state index < -0.39 is 23.6 Å². The standard InChI is InChI=1S/C35H32Cl2F3N3O5/c1-46-33(45)25-9-28(38)24(10-29(25)43-20-5-6-21(43)13-47-12-20)23-4-2-3-19-11-41(18-48-31(19)23)32(44)30-26(36)7-22(8-27(30)37)42-16-34(17-42)14-35(39,40)15-34/h2-4,7-10,20-21H,5-6,11-18H2,1H3. The highest BCUT2D eigenvalue weighted by Gasteiger charge is 2.61. The average molecular weight is 703 g/mol. The number of alkyl halides is 2. The Bertz CT molecular complexity index is 1800. The first-order valence-electron chi connectivity index (χ1n) is 15.9. The number of anilines is 2. The summed E-state index contributed by atoms with van der Waals surface area (Å²) in [5.41, 5.74) is 2.58. The minimum Gasteiger partial charge on any atom is -0.472 e. The van der Waals surface area contributed by atoms with Crippen molar-refractivity contribution in [1.82, 2.24) is 4.90 Å². The fourth-order valence-corrected chi connectivity index (χ4v) is 8.85. The zero-order valence-electron chi connectivity index (χ0n) is 26.0. The molecule has 1 spiro atoms. The van der Waals surface area contributed by atoms with Crippen LogP contribution in [0.2, 0.25) is 10.0 Å². The first-order chi connectivity index (χ1) is 23.0. The summed E-state index contributed by atoms with van der Waals surface area (Å²) in [4.78, 5) is 32.1. The van der Waals surface area contributed by atoms with E-state index in [0.29, 0.717) is 54.6 Å². The van der Waals surface area contributed by atoms with E-state index in [0.717, 1.165) is 12.8 Å². The summed E-state index contributed by atoms with van der Waals surface area (Å²) in [6, 6.07) is 11.6. The molecule has 8 nitrogen and oxygen atoms in total. The third-order valence-corrected chi connectivity index (χ3v) is 10.9. The number of nitrogens with zero attached hydrogens (tertiary/aromatic N) is 3. The molecule has 3 saturated heterocycles. The summed E-state index contributed by atoms with van der Waals surface area (Å²) >= 11 is 13.2. The van der Waals surface area contributed by atoms with Crippen LogP contribution < -0.4 is 14.5 Å². The third-order valence-electron chi connectivity index (χ3n) is 10.3. The Morgan fingerprint density at radius 3 is 2.31 bits per heavy atom. The molecule has 4 fully saturated rings. The molecule has 4 heterocycles. The highest BCUT2D eigenvalue weighted by molar-refractivity contribution is 6.40. The highest BCUT2D eigenvalue weighted by atomic mass is 35.5. The van der Waals surface area contributed by atoms with Crippen molar-refractivity contribution in [3.05, 3.63) is 75.0 Å². The van der Waals surface area contributed by atoms with Crippen LogP contribution in [0.1, 0.15) is 52.0 Å². The molecule has 1 aliphatic carbocycles. The fraction of sp³-hybridized carbons (Fsp3) is 0.429. The number of fused-ring (bicyclic) bond motifs is 3. The van der Waals surface area contributed by atoms with Gasteiger partial charge < -0.3 is 28.9 Å². The zero-order valence-corrected chi connectivity index (χ0v) is 27.6. The molecular formula is C35H32Cl2F3N3O5. The second-order valence-electron chi connectivity index (χ2n) is 13.6. The number of ether oxygens (including phenoxy) is 3. The van der Waals surface area contributed by atoms with Crippen LogP contribution in [-0.2, 0) is 16.0 Å². The van der Waals surface area contributed by atoms with Gasteiger partial charge in [0.25, 0.3) is 5.91 Å². The number of esters is 1. The van der Waals surface area contributed by atoms with Crippen LogP contribution >= 0.6 is 23.2 Å². The predicted molar refractivity (Wildman–Crippen MR) is 174 cm³/mol. The number of morpholine rings is 1. The lowest BCUT2D eigenvalue weighted by Gasteiger charge is -2.59. The second kappa shape index (κ2) is 11.5. The van der Waals surface area contributed by atoms with Gasteiger partial charge in [0, 0.05) is 53.7 Å². The molecule has 3 aromatic carbocycles. The van der Waals surface area contributed by atoms with Crippen molar-refractivity contribution < 1.29 is 37.0 Å². The number of hydrogen-bond acceptors (Lipinski definition) is 7. The van der Waals surface area contributed by atoms with Crippen LogP contribution in [0.15, 0.2) is 42.5 Å². The van der Waals surface area contributed by atoms with Crippen LogP contribution in [0.5, 0.6) is 5.75 Å². The number of hydrogen-bond donors (Lipinski definition) is 0. The van der Waals surface area contributed by atoms with Crippen molar-refractivity contribution in [2.24, 2.45) is 5.41 Å². The maximum atomic E-state index is 15.9. The number of carbonyl (C=O) groups excluding carboxylic acids is 2. The van der Waals surface area contributed by atoms with Crippen molar-refractivity contribution >= 4 is 46.5 Å². The van der Waals surface area contributed by atoms with Crippen LogP contribution in [0.4, 0.5) is 24.5 Å². The molecule has 2 atom stereocenters. The van der Waals surface area contributed by atoms with Gasteiger partial charge in [0.05, 0.1) is 65.8 Å². The van der Waals surface area contributed by atoms with E-state index in [4.69, 9.17) is 37.4 Å². The molecular weight excluding hydrogens is 670 g/mol. The van der Waals surface area contributed by atoms with Gasteiger partial charge in [-0.05, 0) is 37.1 Å². The Morgan fingerprint density at radius 1 is 0.979 bits per heavy atom. The van der Waals surface area contributed by atoms with Crippen LogP contribution in [0, 0.1) is 11.2 Å². The quantitative estimate of drug-likeness (QED) is 0.261. The van der Waals surface area contributed by atoms with Crippen molar-refractivity contribution in [3.8, 4) is 16.9 Å². The van der Waals surface area contributed by atoms with E-state index >= 15 is 4.39 Å². The molecule has 0 aromatic heterocycles. The molecule has 0 radical (unpaired) electrons. The minimum absolute atomic E-state index is 0.0667. The molecule has 2 bridgehead atoms. The van der Waals surface area contributed by atoms with Crippen molar-refractivity contribution in [3.63, 3.8) is 0 Å². The summed E-state index contributed by atoms with van der Waals surface area (Å²) in [5.74, 6) is -3.83. The van der Waals surface area contributed by atoms with Gasteiger partial charge in [-0.15, -0.1) is 0 Å². The number of carbonyl (C=O) groups is 2. The van der Waals surface area contributed by atoms with Crippen molar-refractivity contribution in [1.29, 1.82) is 0 Å². The maximum Gasteiger partial charge on any atom is 0.340 e. The van der Waals surface area contributed by atoms with E-state index in [2.05, 4.69) is 4.90 Å². The molecule has 13 heteroatoms. The molecule has 1 amide bonds. The molecule has 252 valence electrons. The molecule has 48 heavy (non-hydrogen) atoms.